The predicted octanol–water partition coefficient (Wildman–Crippen LogP) is 4.08. The van der Waals surface area contributed by atoms with Crippen LogP contribution >= 0.6 is 0 Å². The molecule has 1 amide bonds. The van der Waals surface area contributed by atoms with Gasteiger partial charge in [-0.1, -0.05) is 0 Å². The molecule has 0 aliphatic carbocycles. The largest absolute Gasteiger partial charge is 0.491 e. The maximum Gasteiger partial charge on any atom is 0.416 e. The van der Waals surface area contributed by atoms with E-state index < -0.39 is 42.6 Å². The smallest absolute Gasteiger partial charge is 0.416 e. The van der Waals surface area contributed by atoms with Crippen molar-refractivity contribution >= 4 is 5.91 Å². The number of fused-ring (bicyclic) bond motifs is 2. The first-order chi connectivity index (χ1) is 16.4. The highest BCUT2D eigenvalue weighted by molar-refractivity contribution is 5.92. The average molecular weight is 511 g/mol. The Bertz CT molecular complexity index is 1040. The topological polar surface area (TPSA) is 74.6 Å². The van der Waals surface area contributed by atoms with Crippen molar-refractivity contribution in [3.63, 3.8) is 0 Å². The molecule has 0 fully saturated rings. The molecule has 0 saturated carbocycles. The molecule has 1 aromatic heterocycles. The minimum atomic E-state index is -4.66. The molecule has 2 aromatic rings. The monoisotopic (exact) mass is 511 g/mol. The van der Waals surface area contributed by atoms with Crippen LogP contribution in [0.1, 0.15) is 34.2 Å². The number of amides is 1. The van der Waals surface area contributed by atoms with Gasteiger partial charge < -0.3 is 19.5 Å². The van der Waals surface area contributed by atoms with Gasteiger partial charge in [0.05, 0.1) is 24.8 Å². The van der Waals surface area contributed by atoms with Crippen LogP contribution in [0.4, 0.5) is 30.7 Å². The van der Waals surface area contributed by atoms with E-state index in [9.17, 15) is 35.5 Å². The molecular weight excluding hydrogens is 491 g/mol. The van der Waals surface area contributed by atoms with Crippen molar-refractivity contribution in [3.05, 3.63) is 41.1 Å². The summed E-state index contributed by atoms with van der Waals surface area (Å²) in [5.41, 5.74) is -1.47. The summed E-state index contributed by atoms with van der Waals surface area (Å²) in [5.74, 6) is -0.937. The van der Waals surface area contributed by atoms with Crippen molar-refractivity contribution in [3.8, 4) is 11.6 Å². The number of carbonyl (C=O) groups excluding carboxylic acids is 1. The molecule has 1 aromatic carbocycles. The summed E-state index contributed by atoms with van der Waals surface area (Å²) in [5, 5.41) is 6.47. The Balaban J connectivity index is 1.36. The first-order valence-electron chi connectivity index (χ1n) is 10.5. The summed E-state index contributed by atoms with van der Waals surface area (Å²) >= 11 is 0. The van der Waals surface area contributed by atoms with Crippen LogP contribution in [0, 0.1) is 5.92 Å². The van der Waals surface area contributed by atoms with E-state index in [0.717, 1.165) is 12.1 Å². The van der Waals surface area contributed by atoms with E-state index in [0.29, 0.717) is 12.5 Å². The second-order valence-electron chi connectivity index (χ2n) is 8.23. The molecule has 2 aliphatic heterocycles. The van der Waals surface area contributed by atoms with E-state index in [1.54, 1.807) is 0 Å². The molecule has 2 aliphatic rings. The summed E-state index contributed by atoms with van der Waals surface area (Å²) in [6, 6.07) is 2.51. The van der Waals surface area contributed by atoms with Crippen molar-refractivity contribution < 1.29 is 49.7 Å². The molecule has 0 bridgehead atoms. The van der Waals surface area contributed by atoms with Gasteiger partial charge in [-0.05, 0) is 24.6 Å². The fraction of sp³-hybridized carbons (Fsp3) is 0.524. The van der Waals surface area contributed by atoms with Gasteiger partial charge in [0, 0.05) is 24.1 Å². The number of nitrogens with zero attached hydrogens (tertiary/aromatic N) is 2. The molecule has 0 radical (unpaired) electrons. The lowest BCUT2D eigenvalue weighted by Crippen LogP contribution is -2.44. The minimum Gasteiger partial charge on any atom is -0.491 e. The number of carbonyl (C=O) groups is 1. The van der Waals surface area contributed by atoms with Crippen LogP contribution in [-0.4, -0.2) is 54.3 Å². The fourth-order valence-corrected chi connectivity index (χ4v) is 3.76. The third kappa shape index (κ3) is 5.97. The number of nitrogens with one attached hydrogen (secondary N) is 1. The number of ether oxygens (including phenoxy) is 3. The molecule has 0 spiro atoms. The van der Waals surface area contributed by atoms with E-state index in [4.69, 9.17) is 9.47 Å². The standard InChI is InChI=1S/C21H20F7N3O4/c22-18-13-5-12(21(26,27)28)1-2-16(13)34-9-15(18)29-19(32)14-6-17-31(30-14)4-3-11(8-35-17)7-33-10-20(23,24)25/h1-2,5-6,11,15,18H,3-4,7-10H2,(H,29,32)/t11?,15-,18?/m0/s1. The Kier molecular flexibility index (Phi) is 6.84. The Morgan fingerprint density at radius 3 is 2.63 bits per heavy atom. The summed E-state index contributed by atoms with van der Waals surface area (Å²) in [4.78, 5) is 12.6. The zero-order chi connectivity index (χ0) is 25.4. The van der Waals surface area contributed by atoms with Crippen LogP contribution < -0.4 is 14.8 Å². The number of alkyl halides is 7. The molecule has 14 heteroatoms. The predicted molar refractivity (Wildman–Crippen MR) is 105 cm³/mol. The lowest BCUT2D eigenvalue weighted by atomic mass is 9.98. The van der Waals surface area contributed by atoms with Crippen LogP contribution in [0.5, 0.6) is 11.6 Å². The number of aromatic nitrogens is 2. The van der Waals surface area contributed by atoms with Gasteiger partial charge >= 0.3 is 12.4 Å². The van der Waals surface area contributed by atoms with Crippen LogP contribution in [0.25, 0.3) is 0 Å². The molecule has 1 N–H and O–H groups in total. The van der Waals surface area contributed by atoms with Crippen LogP contribution in [0.3, 0.4) is 0 Å². The number of aryl methyl sites for hydroxylation is 1. The lowest BCUT2D eigenvalue weighted by Gasteiger charge is -2.29. The molecule has 7 nitrogen and oxygen atoms in total. The molecular formula is C21H20F7N3O4. The zero-order valence-electron chi connectivity index (χ0n) is 18.0. The van der Waals surface area contributed by atoms with E-state index in [-0.39, 0.29) is 55.2 Å². The number of rotatable bonds is 5. The van der Waals surface area contributed by atoms with Gasteiger partial charge in [0.2, 0.25) is 5.88 Å². The first-order valence-corrected chi connectivity index (χ1v) is 10.5. The van der Waals surface area contributed by atoms with Crippen LogP contribution in [0.15, 0.2) is 24.3 Å². The zero-order valence-corrected chi connectivity index (χ0v) is 18.0. The van der Waals surface area contributed by atoms with E-state index >= 15 is 0 Å². The van der Waals surface area contributed by atoms with Gasteiger partial charge in [0.15, 0.2) is 11.9 Å². The third-order valence-electron chi connectivity index (χ3n) is 5.53. The second kappa shape index (κ2) is 9.55. The van der Waals surface area contributed by atoms with Gasteiger partial charge in [-0.3, -0.25) is 4.79 Å². The minimum absolute atomic E-state index is 0.0353. The highest BCUT2D eigenvalue weighted by Gasteiger charge is 2.37. The Morgan fingerprint density at radius 1 is 1.14 bits per heavy atom. The van der Waals surface area contributed by atoms with Crippen molar-refractivity contribution in [1.82, 2.24) is 15.1 Å². The fourth-order valence-electron chi connectivity index (χ4n) is 3.76. The maximum atomic E-state index is 15.0. The van der Waals surface area contributed by atoms with E-state index in [2.05, 4.69) is 15.2 Å². The van der Waals surface area contributed by atoms with Gasteiger partial charge in [0.1, 0.15) is 19.0 Å². The van der Waals surface area contributed by atoms with E-state index in [1.807, 2.05) is 0 Å². The van der Waals surface area contributed by atoms with E-state index in [1.165, 1.54) is 10.7 Å². The molecule has 4 rings (SSSR count). The highest BCUT2D eigenvalue weighted by Crippen LogP contribution is 2.39. The van der Waals surface area contributed by atoms with Gasteiger partial charge in [-0.15, -0.1) is 0 Å². The Labute approximate surface area is 194 Å². The first kappa shape index (κ1) is 25.1. The molecule has 3 atom stereocenters. The van der Waals surface area contributed by atoms with Crippen molar-refractivity contribution in [1.29, 1.82) is 0 Å². The third-order valence-corrected chi connectivity index (χ3v) is 5.53. The Hall–Kier alpha value is -3.03. The SMILES string of the molecule is O=C(N[C@H]1COc2ccc(C(F)(F)F)cc2C1F)c1cc2n(n1)CCC(COCC(F)(F)F)CO2. The van der Waals surface area contributed by atoms with Gasteiger partial charge in [-0.2, -0.15) is 31.4 Å². The molecule has 3 heterocycles. The number of hydrogen-bond donors (Lipinski definition) is 1. The number of halogens is 7. The summed E-state index contributed by atoms with van der Waals surface area (Å²) in [7, 11) is 0. The highest BCUT2D eigenvalue weighted by atomic mass is 19.4. The van der Waals surface area contributed by atoms with Crippen molar-refractivity contribution in [2.45, 2.75) is 37.5 Å². The molecule has 0 saturated heterocycles. The summed E-state index contributed by atoms with van der Waals surface area (Å²) in [6.45, 7) is -1.52. The number of hydrogen-bond acceptors (Lipinski definition) is 5. The van der Waals surface area contributed by atoms with Crippen molar-refractivity contribution in [2.24, 2.45) is 5.92 Å². The average Bonchev–Trinajstić information content (AvgIpc) is 3.09. The Morgan fingerprint density at radius 2 is 1.91 bits per heavy atom. The van der Waals surface area contributed by atoms with Crippen molar-refractivity contribution in [2.75, 3.05) is 26.4 Å². The lowest BCUT2D eigenvalue weighted by molar-refractivity contribution is -0.177. The quantitative estimate of drug-likeness (QED) is 0.613. The summed E-state index contributed by atoms with van der Waals surface area (Å²) in [6.07, 6.45) is -10.7. The van der Waals surface area contributed by atoms with Crippen LogP contribution in [0.2, 0.25) is 0 Å². The second-order valence-corrected chi connectivity index (χ2v) is 8.23. The van der Waals surface area contributed by atoms with Gasteiger partial charge in [0.25, 0.3) is 5.91 Å². The molecule has 192 valence electrons. The van der Waals surface area contributed by atoms with Gasteiger partial charge in [-0.25, -0.2) is 9.07 Å². The summed E-state index contributed by atoms with van der Waals surface area (Å²) < 4.78 is 107. The number of benzene rings is 1. The molecule has 35 heavy (non-hydrogen) atoms. The molecule has 2 unspecified atom stereocenters. The maximum absolute atomic E-state index is 15.0. The van der Waals surface area contributed by atoms with Crippen LogP contribution in [-0.2, 0) is 17.5 Å². The normalized spacial score (nSPS) is 22.3.